The molecule has 0 aliphatic carbocycles. The summed E-state index contributed by atoms with van der Waals surface area (Å²) in [6.07, 6.45) is 0. The molecule has 0 unspecified atom stereocenters. The van der Waals surface area contributed by atoms with Crippen LogP contribution in [0.15, 0.2) is 54.6 Å². The number of hydrogen-bond donors (Lipinski definition) is 1. The second-order valence-electron chi connectivity index (χ2n) is 4.44. The summed E-state index contributed by atoms with van der Waals surface area (Å²) >= 11 is 2.17. The molecular weight excluding hydrogens is 381 g/mol. The molecule has 0 aliphatic rings. The number of hydrogen-bond acceptors (Lipinski definition) is 3. The zero-order valence-corrected chi connectivity index (χ0v) is 13.5. The molecule has 2 aromatic carbocycles. The first-order chi connectivity index (χ1) is 10.1. The molecule has 1 N–H and O–H groups in total. The molecule has 21 heavy (non-hydrogen) atoms. The fraction of sp³-hybridized carbons (Fsp3) is 0.125. The second-order valence-corrected chi connectivity index (χ2v) is 5.68. The van der Waals surface area contributed by atoms with Gasteiger partial charge in [-0.1, -0.05) is 18.2 Å². The molecule has 1 atom stereocenters. The van der Waals surface area contributed by atoms with Crippen LogP contribution in [0.4, 0.5) is 0 Å². The Bertz CT molecular complexity index is 626. The van der Waals surface area contributed by atoms with Crippen LogP contribution in [-0.4, -0.2) is 17.9 Å². The average Bonchev–Trinajstić information content (AvgIpc) is 2.50. The standard InChI is InChI=1S/C16H14INO3/c1-11(18-15(19)12-5-3-2-4-6-12)16(20)21-14-9-7-13(17)8-10-14/h2-11H,1H3,(H,18,19)/t11-/m0/s1. The Morgan fingerprint density at radius 3 is 2.29 bits per heavy atom. The number of halogens is 1. The normalized spacial score (nSPS) is 11.5. The molecule has 0 saturated heterocycles. The van der Waals surface area contributed by atoms with E-state index in [2.05, 4.69) is 27.9 Å². The smallest absolute Gasteiger partial charge is 0.333 e. The van der Waals surface area contributed by atoms with Crippen LogP contribution in [-0.2, 0) is 4.79 Å². The number of amides is 1. The Morgan fingerprint density at radius 2 is 1.67 bits per heavy atom. The van der Waals surface area contributed by atoms with E-state index in [1.54, 1.807) is 43.3 Å². The van der Waals surface area contributed by atoms with Crippen LogP contribution in [0.2, 0.25) is 0 Å². The molecule has 0 radical (unpaired) electrons. The molecule has 0 saturated carbocycles. The SMILES string of the molecule is C[C@H](NC(=O)c1ccccc1)C(=O)Oc1ccc(I)cc1. The monoisotopic (exact) mass is 395 g/mol. The van der Waals surface area contributed by atoms with E-state index in [0.717, 1.165) is 3.57 Å². The maximum Gasteiger partial charge on any atom is 0.333 e. The van der Waals surface area contributed by atoms with Gasteiger partial charge in [0.15, 0.2) is 0 Å². The van der Waals surface area contributed by atoms with E-state index in [1.165, 1.54) is 0 Å². The van der Waals surface area contributed by atoms with E-state index in [1.807, 2.05) is 18.2 Å². The van der Waals surface area contributed by atoms with Crippen LogP contribution >= 0.6 is 22.6 Å². The minimum absolute atomic E-state index is 0.303. The maximum absolute atomic E-state index is 11.9. The van der Waals surface area contributed by atoms with Gasteiger partial charge in [-0.05, 0) is 65.9 Å². The predicted octanol–water partition coefficient (Wildman–Crippen LogP) is 3.02. The van der Waals surface area contributed by atoms with Crippen molar-refractivity contribution in [3.8, 4) is 5.75 Å². The number of rotatable bonds is 4. The first-order valence-corrected chi connectivity index (χ1v) is 7.47. The third kappa shape index (κ3) is 4.56. The molecule has 0 bridgehead atoms. The highest BCUT2D eigenvalue weighted by Crippen LogP contribution is 2.14. The lowest BCUT2D eigenvalue weighted by molar-refractivity contribution is -0.136. The molecule has 1 amide bonds. The molecule has 0 aromatic heterocycles. The summed E-state index contributed by atoms with van der Waals surface area (Å²) in [6, 6.07) is 15.1. The Morgan fingerprint density at radius 1 is 1.05 bits per heavy atom. The van der Waals surface area contributed by atoms with Crippen molar-refractivity contribution in [3.05, 3.63) is 63.7 Å². The maximum atomic E-state index is 11.9. The minimum Gasteiger partial charge on any atom is -0.425 e. The van der Waals surface area contributed by atoms with E-state index < -0.39 is 12.0 Å². The minimum atomic E-state index is -0.725. The molecule has 0 heterocycles. The van der Waals surface area contributed by atoms with E-state index in [0.29, 0.717) is 11.3 Å². The van der Waals surface area contributed by atoms with Crippen LogP contribution in [0.25, 0.3) is 0 Å². The number of carbonyl (C=O) groups is 2. The van der Waals surface area contributed by atoms with Gasteiger partial charge in [-0.25, -0.2) is 4.79 Å². The molecule has 0 spiro atoms. The summed E-state index contributed by atoms with van der Waals surface area (Å²) in [5, 5.41) is 2.61. The van der Waals surface area contributed by atoms with Crippen molar-refractivity contribution in [1.82, 2.24) is 5.32 Å². The highest BCUT2D eigenvalue weighted by Gasteiger charge is 2.18. The number of benzene rings is 2. The molecule has 5 heteroatoms. The van der Waals surface area contributed by atoms with Crippen molar-refractivity contribution in [3.63, 3.8) is 0 Å². The molecule has 0 fully saturated rings. The van der Waals surface area contributed by atoms with Crippen LogP contribution in [0, 0.1) is 3.57 Å². The predicted molar refractivity (Wildman–Crippen MR) is 88.2 cm³/mol. The first kappa shape index (κ1) is 15.5. The van der Waals surface area contributed by atoms with Crippen molar-refractivity contribution in [1.29, 1.82) is 0 Å². The quantitative estimate of drug-likeness (QED) is 0.492. The Kier molecular flexibility index (Phi) is 5.32. The van der Waals surface area contributed by atoms with Crippen LogP contribution in [0.1, 0.15) is 17.3 Å². The Balaban J connectivity index is 1.93. The van der Waals surface area contributed by atoms with Crippen LogP contribution in [0.3, 0.4) is 0 Å². The van der Waals surface area contributed by atoms with E-state index in [9.17, 15) is 9.59 Å². The summed E-state index contributed by atoms with van der Waals surface area (Å²) in [5.41, 5.74) is 0.506. The Hall–Kier alpha value is -1.89. The van der Waals surface area contributed by atoms with Crippen LogP contribution in [0.5, 0.6) is 5.75 Å². The lowest BCUT2D eigenvalue weighted by atomic mass is 10.2. The van der Waals surface area contributed by atoms with E-state index >= 15 is 0 Å². The summed E-state index contributed by atoms with van der Waals surface area (Å²) < 4.78 is 6.26. The van der Waals surface area contributed by atoms with Gasteiger partial charge in [-0.3, -0.25) is 4.79 Å². The summed E-state index contributed by atoms with van der Waals surface area (Å²) in [4.78, 5) is 23.9. The molecule has 2 aromatic rings. The van der Waals surface area contributed by atoms with Gasteiger partial charge < -0.3 is 10.1 Å². The third-order valence-electron chi connectivity index (χ3n) is 2.77. The van der Waals surface area contributed by atoms with Crippen molar-refractivity contribution in [2.24, 2.45) is 0 Å². The topological polar surface area (TPSA) is 55.4 Å². The largest absolute Gasteiger partial charge is 0.425 e. The van der Waals surface area contributed by atoms with Gasteiger partial charge in [0.2, 0.25) is 0 Å². The van der Waals surface area contributed by atoms with Gasteiger partial charge in [-0.2, -0.15) is 0 Å². The fourth-order valence-electron chi connectivity index (χ4n) is 1.64. The number of carbonyl (C=O) groups excluding carboxylic acids is 2. The molecule has 2 rings (SSSR count). The molecule has 0 aliphatic heterocycles. The van der Waals surface area contributed by atoms with Gasteiger partial charge in [0.25, 0.3) is 5.91 Å². The van der Waals surface area contributed by atoms with E-state index in [-0.39, 0.29) is 5.91 Å². The number of nitrogens with one attached hydrogen (secondary N) is 1. The number of ether oxygens (including phenoxy) is 1. The summed E-state index contributed by atoms with van der Waals surface area (Å²) in [7, 11) is 0. The highest BCUT2D eigenvalue weighted by molar-refractivity contribution is 14.1. The zero-order chi connectivity index (χ0) is 15.2. The van der Waals surface area contributed by atoms with Gasteiger partial charge in [0.1, 0.15) is 11.8 Å². The van der Waals surface area contributed by atoms with Gasteiger partial charge in [0.05, 0.1) is 0 Å². The van der Waals surface area contributed by atoms with Gasteiger partial charge in [-0.15, -0.1) is 0 Å². The molecule has 4 nitrogen and oxygen atoms in total. The molecule has 108 valence electrons. The third-order valence-corrected chi connectivity index (χ3v) is 3.49. The fourth-order valence-corrected chi connectivity index (χ4v) is 2.00. The van der Waals surface area contributed by atoms with Gasteiger partial charge in [0, 0.05) is 9.13 Å². The lowest BCUT2D eigenvalue weighted by Gasteiger charge is -2.13. The van der Waals surface area contributed by atoms with Crippen LogP contribution < -0.4 is 10.1 Å². The van der Waals surface area contributed by atoms with Crippen molar-refractivity contribution in [2.75, 3.05) is 0 Å². The summed E-state index contributed by atoms with van der Waals surface area (Å²) in [5.74, 6) is -0.343. The first-order valence-electron chi connectivity index (χ1n) is 6.39. The average molecular weight is 395 g/mol. The van der Waals surface area contributed by atoms with Crippen molar-refractivity contribution < 1.29 is 14.3 Å². The zero-order valence-electron chi connectivity index (χ0n) is 11.4. The second kappa shape index (κ2) is 7.21. The lowest BCUT2D eigenvalue weighted by Crippen LogP contribution is -2.40. The van der Waals surface area contributed by atoms with Crippen molar-refractivity contribution in [2.45, 2.75) is 13.0 Å². The van der Waals surface area contributed by atoms with Crippen molar-refractivity contribution >= 4 is 34.5 Å². The van der Waals surface area contributed by atoms with Gasteiger partial charge >= 0.3 is 5.97 Å². The van der Waals surface area contributed by atoms with E-state index in [4.69, 9.17) is 4.74 Å². The molecular formula is C16H14INO3. The number of esters is 1. The highest BCUT2D eigenvalue weighted by atomic mass is 127. The summed E-state index contributed by atoms with van der Waals surface area (Å²) in [6.45, 7) is 1.59. The Labute approximate surface area is 136 Å².